The zero-order valence-electron chi connectivity index (χ0n) is 14.8. The molecule has 0 N–H and O–H groups in total. The van der Waals surface area contributed by atoms with Crippen LogP contribution in [0.4, 0.5) is 10.5 Å². The van der Waals surface area contributed by atoms with Crippen molar-refractivity contribution in [2.75, 3.05) is 18.6 Å². The Labute approximate surface area is 141 Å². The number of rotatable bonds is 4. The summed E-state index contributed by atoms with van der Waals surface area (Å²) in [6.45, 7) is 7.83. The van der Waals surface area contributed by atoms with E-state index < -0.39 is 11.7 Å². The van der Waals surface area contributed by atoms with Gasteiger partial charge in [0.2, 0.25) is 0 Å². The predicted octanol–water partition coefficient (Wildman–Crippen LogP) is 3.58. The Hall–Kier alpha value is -2.50. The summed E-state index contributed by atoms with van der Waals surface area (Å²) in [5, 5.41) is 1.01. The summed E-state index contributed by atoms with van der Waals surface area (Å²) in [6, 6.07) is 7.71. The molecule has 1 aromatic heterocycles. The molecule has 0 unspecified atom stereocenters. The highest BCUT2D eigenvalue weighted by atomic mass is 16.6. The first-order valence-corrected chi connectivity index (χ1v) is 7.86. The lowest BCUT2D eigenvalue weighted by Gasteiger charge is -2.24. The van der Waals surface area contributed by atoms with Gasteiger partial charge in [0.15, 0.2) is 0 Å². The van der Waals surface area contributed by atoms with Crippen molar-refractivity contribution < 1.29 is 19.1 Å². The number of ether oxygens (including phenoxy) is 2. The third-order valence-electron chi connectivity index (χ3n) is 3.45. The van der Waals surface area contributed by atoms with E-state index in [2.05, 4.69) is 0 Å². The summed E-state index contributed by atoms with van der Waals surface area (Å²) in [6.07, 6.45) is 1.54. The minimum Gasteiger partial charge on any atom is -0.464 e. The second-order valence-electron chi connectivity index (χ2n) is 6.63. The number of amides is 1. The van der Waals surface area contributed by atoms with Gasteiger partial charge in [0, 0.05) is 36.8 Å². The van der Waals surface area contributed by atoms with Crippen molar-refractivity contribution in [2.24, 2.45) is 0 Å². The Bertz CT molecular complexity index is 743. The maximum atomic E-state index is 12.2. The highest BCUT2D eigenvalue weighted by Gasteiger charge is 2.20. The number of anilines is 1. The minimum atomic E-state index is -0.532. The molecule has 0 aliphatic rings. The van der Waals surface area contributed by atoms with Gasteiger partial charge in [-0.2, -0.15) is 0 Å². The van der Waals surface area contributed by atoms with Gasteiger partial charge < -0.3 is 14.0 Å². The average Bonchev–Trinajstić information content (AvgIpc) is 2.87. The SMILES string of the molecule is CC(=O)OCCn1ccc2cc(N(C)C(=O)OC(C)(C)C)ccc21. The van der Waals surface area contributed by atoms with Gasteiger partial charge >= 0.3 is 12.1 Å². The molecule has 0 saturated carbocycles. The lowest BCUT2D eigenvalue weighted by Crippen LogP contribution is -2.34. The molecule has 24 heavy (non-hydrogen) atoms. The molecule has 0 atom stereocenters. The van der Waals surface area contributed by atoms with Gasteiger partial charge in [-0.25, -0.2) is 4.79 Å². The number of nitrogens with zero attached hydrogens (tertiary/aromatic N) is 2. The number of fused-ring (bicyclic) bond motifs is 1. The van der Waals surface area contributed by atoms with E-state index in [1.54, 1.807) is 7.05 Å². The molecular weight excluding hydrogens is 308 g/mol. The molecule has 0 aliphatic carbocycles. The van der Waals surface area contributed by atoms with Crippen LogP contribution < -0.4 is 4.90 Å². The average molecular weight is 332 g/mol. The maximum Gasteiger partial charge on any atom is 0.414 e. The van der Waals surface area contributed by atoms with Gasteiger partial charge in [-0.3, -0.25) is 9.69 Å². The summed E-state index contributed by atoms with van der Waals surface area (Å²) in [5.74, 6) is -0.285. The molecule has 0 aliphatic heterocycles. The fourth-order valence-corrected chi connectivity index (χ4v) is 2.31. The highest BCUT2D eigenvalue weighted by molar-refractivity contribution is 5.92. The molecular formula is C18H24N2O4. The predicted molar refractivity (Wildman–Crippen MR) is 93.2 cm³/mol. The Kier molecular flexibility index (Phi) is 5.17. The third-order valence-corrected chi connectivity index (χ3v) is 3.45. The number of aromatic nitrogens is 1. The first-order chi connectivity index (χ1) is 11.2. The second-order valence-corrected chi connectivity index (χ2v) is 6.63. The quantitative estimate of drug-likeness (QED) is 0.803. The Balaban J connectivity index is 2.14. The van der Waals surface area contributed by atoms with E-state index in [9.17, 15) is 9.59 Å². The molecule has 1 heterocycles. The summed E-state index contributed by atoms with van der Waals surface area (Å²) in [4.78, 5) is 24.5. The van der Waals surface area contributed by atoms with Crippen LogP contribution in [0.2, 0.25) is 0 Å². The van der Waals surface area contributed by atoms with Crippen LogP contribution in [0.5, 0.6) is 0 Å². The monoisotopic (exact) mass is 332 g/mol. The fraction of sp³-hybridized carbons (Fsp3) is 0.444. The van der Waals surface area contributed by atoms with Crippen LogP contribution in [-0.4, -0.2) is 35.9 Å². The number of benzene rings is 1. The Morgan fingerprint density at radius 3 is 2.54 bits per heavy atom. The van der Waals surface area contributed by atoms with Gasteiger partial charge in [-0.15, -0.1) is 0 Å². The molecule has 0 bridgehead atoms. The minimum absolute atomic E-state index is 0.285. The van der Waals surface area contributed by atoms with Gasteiger partial charge in [-0.05, 0) is 45.0 Å². The number of carbonyl (C=O) groups excluding carboxylic acids is 2. The summed E-state index contributed by atoms with van der Waals surface area (Å²) in [7, 11) is 1.69. The molecule has 1 aromatic carbocycles. The Morgan fingerprint density at radius 1 is 1.21 bits per heavy atom. The normalized spacial score (nSPS) is 11.4. The molecule has 2 rings (SSSR count). The molecule has 6 heteroatoms. The smallest absolute Gasteiger partial charge is 0.414 e. The zero-order valence-corrected chi connectivity index (χ0v) is 14.8. The number of hydrogen-bond acceptors (Lipinski definition) is 4. The molecule has 0 spiro atoms. The van der Waals surface area contributed by atoms with Gasteiger partial charge in [-0.1, -0.05) is 0 Å². The van der Waals surface area contributed by atoms with Crippen molar-refractivity contribution in [3.8, 4) is 0 Å². The van der Waals surface area contributed by atoms with Crippen molar-refractivity contribution >= 4 is 28.7 Å². The van der Waals surface area contributed by atoms with Crippen LogP contribution in [0.15, 0.2) is 30.5 Å². The highest BCUT2D eigenvalue weighted by Crippen LogP contribution is 2.24. The van der Waals surface area contributed by atoms with E-state index in [1.807, 2.05) is 55.8 Å². The van der Waals surface area contributed by atoms with E-state index in [0.29, 0.717) is 13.2 Å². The van der Waals surface area contributed by atoms with Crippen molar-refractivity contribution in [3.05, 3.63) is 30.5 Å². The molecule has 6 nitrogen and oxygen atoms in total. The van der Waals surface area contributed by atoms with E-state index in [-0.39, 0.29) is 5.97 Å². The summed E-state index contributed by atoms with van der Waals surface area (Å²) < 4.78 is 12.4. The fourth-order valence-electron chi connectivity index (χ4n) is 2.31. The standard InChI is InChI=1S/C18H24N2O4/c1-13(21)23-11-10-20-9-8-14-12-15(6-7-16(14)20)19(5)17(22)24-18(2,3)4/h6-9,12H,10-11H2,1-5H3. The molecule has 2 aromatic rings. The van der Waals surface area contributed by atoms with Crippen molar-refractivity contribution in [2.45, 2.75) is 39.8 Å². The molecule has 130 valence electrons. The zero-order chi connectivity index (χ0) is 17.9. The van der Waals surface area contributed by atoms with Crippen LogP contribution in [0.1, 0.15) is 27.7 Å². The molecule has 0 radical (unpaired) electrons. The van der Waals surface area contributed by atoms with Crippen LogP contribution >= 0.6 is 0 Å². The van der Waals surface area contributed by atoms with Crippen molar-refractivity contribution in [3.63, 3.8) is 0 Å². The van der Waals surface area contributed by atoms with Crippen LogP contribution in [0.3, 0.4) is 0 Å². The van der Waals surface area contributed by atoms with Crippen LogP contribution in [0, 0.1) is 0 Å². The summed E-state index contributed by atoms with van der Waals surface area (Å²) in [5.41, 5.74) is 1.24. The lowest BCUT2D eigenvalue weighted by atomic mass is 10.2. The lowest BCUT2D eigenvalue weighted by molar-refractivity contribution is -0.141. The van der Waals surface area contributed by atoms with Gasteiger partial charge in [0.1, 0.15) is 12.2 Å². The van der Waals surface area contributed by atoms with E-state index in [1.165, 1.54) is 11.8 Å². The first kappa shape index (κ1) is 17.8. The Morgan fingerprint density at radius 2 is 1.92 bits per heavy atom. The largest absolute Gasteiger partial charge is 0.464 e. The summed E-state index contributed by atoms with van der Waals surface area (Å²) >= 11 is 0. The molecule has 0 fully saturated rings. The number of esters is 1. The van der Waals surface area contributed by atoms with E-state index in [0.717, 1.165) is 16.6 Å². The van der Waals surface area contributed by atoms with Crippen LogP contribution in [0.25, 0.3) is 10.9 Å². The molecule has 1 amide bonds. The molecule has 0 saturated heterocycles. The first-order valence-electron chi connectivity index (χ1n) is 7.86. The van der Waals surface area contributed by atoms with E-state index >= 15 is 0 Å². The van der Waals surface area contributed by atoms with Crippen LogP contribution in [-0.2, 0) is 20.8 Å². The third kappa shape index (κ3) is 4.50. The van der Waals surface area contributed by atoms with Gasteiger partial charge in [0.25, 0.3) is 0 Å². The second kappa shape index (κ2) is 6.95. The number of hydrogen-bond donors (Lipinski definition) is 0. The van der Waals surface area contributed by atoms with Crippen molar-refractivity contribution in [1.29, 1.82) is 0 Å². The maximum absolute atomic E-state index is 12.2. The van der Waals surface area contributed by atoms with Crippen molar-refractivity contribution in [1.82, 2.24) is 4.57 Å². The van der Waals surface area contributed by atoms with E-state index in [4.69, 9.17) is 9.47 Å². The topological polar surface area (TPSA) is 60.8 Å². The van der Waals surface area contributed by atoms with Gasteiger partial charge in [0.05, 0.1) is 6.54 Å². The number of carbonyl (C=O) groups is 2.